The second-order valence-electron chi connectivity index (χ2n) is 4.26. The number of hydrogen-bond acceptors (Lipinski definition) is 2. The number of nitrogens with two attached hydrogens (primary N) is 3. The van der Waals surface area contributed by atoms with E-state index in [1.807, 2.05) is 13.8 Å². The average Bonchev–Trinajstić information content (AvgIpc) is 2.37. The van der Waals surface area contributed by atoms with Gasteiger partial charge < -0.3 is 22.5 Å². The van der Waals surface area contributed by atoms with Gasteiger partial charge in [-0.1, -0.05) is 13.0 Å². The third kappa shape index (κ3) is 4.60. The number of carbonyl (C=O) groups excluding carboxylic acids is 1. The van der Waals surface area contributed by atoms with Crippen molar-refractivity contribution in [3.05, 3.63) is 29.3 Å². The van der Waals surface area contributed by atoms with E-state index in [0.29, 0.717) is 17.8 Å². The van der Waals surface area contributed by atoms with Crippen LogP contribution < -0.4 is 22.5 Å². The lowest BCUT2D eigenvalue weighted by atomic mass is 10.1. The van der Waals surface area contributed by atoms with Crippen molar-refractivity contribution < 1.29 is 4.79 Å². The Balaban J connectivity index is 3.03. The lowest BCUT2D eigenvalue weighted by molar-refractivity contribution is 0.0953. The van der Waals surface area contributed by atoms with Gasteiger partial charge in [-0.3, -0.25) is 4.79 Å². The van der Waals surface area contributed by atoms with Crippen LogP contribution in [0.15, 0.2) is 28.2 Å². The van der Waals surface area contributed by atoms with Gasteiger partial charge in [0.05, 0.1) is 5.69 Å². The first kappa shape index (κ1) is 15.5. The Morgan fingerprint density at radius 1 is 1.30 bits per heavy atom. The number of amides is 1. The Kier molecular flexibility index (Phi) is 5.52. The summed E-state index contributed by atoms with van der Waals surface area (Å²) in [7, 11) is 0. The van der Waals surface area contributed by atoms with Crippen molar-refractivity contribution in [2.24, 2.45) is 27.2 Å². The molecule has 7 nitrogen and oxygen atoms in total. The first-order valence-corrected chi connectivity index (χ1v) is 6.26. The van der Waals surface area contributed by atoms with Gasteiger partial charge in [0.2, 0.25) is 5.96 Å². The van der Waals surface area contributed by atoms with Crippen molar-refractivity contribution >= 4 is 23.5 Å². The third-order valence-electron chi connectivity index (χ3n) is 2.49. The van der Waals surface area contributed by atoms with E-state index in [4.69, 9.17) is 17.2 Å². The predicted molar refractivity (Wildman–Crippen MR) is 80.9 cm³/mol. The van der Waals surface area contributed by atoms with E-state index >= 15 is 0 Å². The molecule has 0 aliphatic rings. The van der Waals surface area contributed by atoms with Crippen LogP contribution in [0.4, 0.5) is 5.69 Å². The minimum absolute atomic E-state index is 0.0563. The molecule has 7 N–H and O–H groups in total. The van der Waals surface area contributed by atoms with Crippen LogP contribution in [0.5, 0.6) is 0 Å². The summed E-state index contributed by atoms with van der Waals surface area (Å²) < 4.78 is 0. The summed E-state index contributed by atoms with van der Waals surface area (Å²) in [6, 6.07) is 5.17. The van der Waals surface area contributed by atoms with Crippen LogP contribution in [0, 0.1) is 6.92 Å². The van der Waals surface area contributed by atoms with Crippen LogP contribution in [-0.2, 0) is 0 Å². The molecule has 20 heavy (non-hydrogen) atoms. The van der Waals surface area contributed by atoms with E-state index in [1.54, 1.807) is 18.2 Å². The highest BCUT2D eigenvalue weighted by Crippen LogP contribution is 2.20. The van der Waals surface area contributed by atoms with Gasteiger partial charge in [-0.25, -0.2) is 4.99 Å². The van der Waals surface area contributed by atoms with Crippen molar-refractivity contribution in [1.82, 2.24) is 5.32 Å². The Labute approximate surface area is 118 Å². The van der Waals surface area contributed by atoms with Gasteiger partial charge in [0.25, 0.3) is 5.91 Å². The Morgan fingerprint density at radius 3 is 2.60 bits per heavy atom. The normalized spacial score (nSPS) is 11.0. The predicted octanol–water partition coefficient (Wildman–Crippen LogP) is 0.354. The topological polar surface area (TPSA) is 132 Å². The van der Waals surface area contributed by atoms with Gasteiger partial charge in [0.1, 0.15) is 0 Å². The Morgan fingerprint density at radius 2 is 2.00 bits per heavy atom. The number of aliphatic imine (C=N–C) groups is 2. The monoisotopic (exact) mass is 276 g/mol. The molecule has 1 amide bonds. The van der Waals surface area contributed by atoms with Gasteiger partial charge in [0, 0.05) is 12.1 Å². The molecule has 0 fully saturated rings. The highest BCUT2D eigenvalue weighted by molar-refractivity contribution is 5.96. The minimum atomic E-state index is -0.166. The number of hydrogen-bond donors (Lipinski definition) is 4. The number of carbonyl (C=O) groups is 1. The standard InChI is InChI=1S/C13H20N6O/c1-3-6-17-11(20)9-5-4-8(2)10(7-9)18-13(16)19-12(14)15/h4-5,7H,3,6H2,1-2H3,(H,17,20)(H6,14,15,16,18,19). The maximum Gasteiger partial charge on any atom is 0.251 e. The van der Waals surface area contributed by atoms with E-state index in [1.165, 1.54) is 0 Å². The van der Waals surface area contributed by atoms with Crippen LogP contribution in [0.25, 0.3) is 0 Å². The van der Waals surface area contributed by atoms with Crippen molar-refractivity contribution in [1.29, 1.82) is 0 Å². The van der Waals surface area contributed by atoms with E-state index in [0.717, 1.165) is 12.0 Å². The number of nitrogens with zero attached hydrogens (tertiary/aromatic N) is 2. The van der Waals surface area contributed by atoms with Crippen LogP contribution >= 0.6 is 0 Å². The minimum Gasteiger partial charge on any atom is -0.370 e. The maximum absolute atomic E-state index is 11.9. The lowest BCUT2D eigenvalue weighted by Gasteiger charge is -2.06. The molecule has 0 unspecified atom stereocenters. The van der Waals surface area contributed by atoms with Gasteiger partial charge in [0.15, 0.2) is 5.96 Å². The SMILES string of the molecule is CCCNC(=O)c1ccc(C)c(N=C(N)N=C(N)N)c1. The zero-order valence-corrected chi connectivity index (χ0v) is 11.7. The zero-order valence-electron chi connectivity index (χ0n) is 11.7. The third-order valence-corrected chi connectivity index (χ3v) is 2.49. The Bertz CT molecular complexity index is 546. The Hall–Kier alpha value is -2.57. The van der Waals surface area contributed by atoms with Crippen LogP contribution in [-0.4, -0.2) is 24.4 Å². The van der Waals surface area contributed by atoms with E-state index in [-0.39, 0.29) is 17.8 Å². The molecule has 0 bridgehead atoms. The summed E-state index contributed by atoms with van der Waals surface area (Å²) in [6.07, 6.45) is 0.875. The van der Waals surface area contributed by atoms with Crippen molar-refractivity contribution in [2.45, 2.75) is 20.3 Å². The molecule has 0 aliphatic heterocycles. The second-order valence-corrected chi connectivity index (χ2v) is 4.26. The smallest absolute Gasteiger partial charge is 0.251 e. The van der Waals surface area contributed by atoms with Crippen molar-refractivity contribution in [3.63, 3.8) is 0 Å². The fourth-order valence-electron chi connectivity index (χ4n) is 1.49. The maximum atomic E-state index is 11.9. The second kappa shape index (κ2) is 7.13. The van der Waals surface area contributed by atoms with Gasteiger partial charge >= 0.3 is 0 Å². The van der Waals surface area contributed by atoms with E-state index in [9.17, 15) is 4.79 Å². The molecule has 7 heteroatoms. The zero-order chi connectivity index (χ0) is 15.1. The highest BCUT2D eigenvalue weighted by atomic mass is 16.1. The molecule has 0 radical (unpaired) electrons. The molecular formula is C13H20N6O. The largest absolute Gasteiger partial charge is 0.370 e. The summed E-state index contributed by atoms with van der Waals surface area (Å²) >= 11 is 0. The lowest BCUT2D eigenvalue weighted by Crippen LogP contribution is -2.26. The summed E-state index contributed by atoms with van der Waals surface area (Å²) in [5.74, 6) is -0.372. The fourth-order valence-corrected chi connectivity index (χ4v) is 1.49. The van der Waals surface area contributed by atoms with Crippen LogP contribution in [0.3, 0.4) is 0 Å². The number of rotatable bonds is 4. The summed E-state index contributed by atoms with van der Waals surface area (Å²) in [4.78, 5) is 19.6. The quantitative estimate of drug-likeness (QED) is 0.466. The summed E-state index contributed by atoms with van der Waals surface area (Å²) in [5.41, 5.74) is 18.0. The average molecular weight is 276 g/mol. The van der Waals surface area contributed by atoms with Crippen LogP contribution in [0.1, 0.15) is 29.3 Å². The van der Waals surface area contributed by atoms with E-state index < -0.39 is 0 Å². The molecule has 0 saturated carbocycles. The van der Waals surface area contributed by atoms with Gasteiger partial charge in [-0.2, -0.15) is 4.99 Å². The highest BCUT2D eigenvalue weighted by Gasteiger charge is 2.07. The number of guanidine groups is 2. The molecule has 0 aliphatic carbocycles. The molecule has 1 aromatic carbocycles. The number of nitrogens with one attached hydrogen (secondary N) is 1. The summed E-state index contributed by atoms with van der Waals surface area (Å²) in [6.45, 7) is 4.47. The molecule has 0 aromatic heterocycles. The molecule has 1 aromatic rings. The molecular weight excluding hydrogens is 256 g/mol. The first-order valence-electron chi connectivity index (χ1n) is 6.26. The molecule has 0 spiro atoms. The fraction of sp³-hybridized carbons (Fsp3) is 0.308. The molecule has 1 rings (SSSR count). The van der Waals surface area contributed by atoms with Gasteiger partial charge in [-0.15, -0.1) is 0 Å². The van der Waals surface area contributed by atoms with Gasteiger partial charge in [-0.05, 0) is 31.0 Å². The molecule has 108 valence electrons. The van der Waals surface area contributed by atoms with Crippen molar-refractivity contribution in [3.8, 4) is 0 Å². The molecule has 0 atom stereocenters. The van der Waals surface area contributed by atoms with E-state index in [2.05, 4.69) is 15.3 Å². The summed E-state index contributed by atoms with van der Waals surface area (Å²) in [5, 5.41) is 2.79. The van der Waals surface area contributed by atoms with Crippen LogP contribution in [0.2, 0.25) is 0 Å². The molecule has 0 heterocycles. The number of aryl methyl sites for hydroxylation is 1. The van der Waals surface area contributed by atoms with Crippen molar-refractivity contribution in [2.75, 3.05) is 6.54 Å². The first-order chi connectivity index (χ1) is 9.43. The number of benzene rings is 1. The molecule has 0 saturated heterocycles.